The molecule has 23 heavy (non-hydrogen) atoms. The molecule has 2 unspecified atom stereocenters. The summed E-state index contributed by atoms with van der Waals surface area (Å²) in [7, 11) is 1.74. The fourth-order valence-electron chi connectivity index (χ4n) is 3.80. The molecule has 2 fully saturated rings. The predicted molar refractivity (Wildman–Crippen MR) is 88.9 cm³/mol. The number of nitrogens with zero attached hydrogens (tertiary/aromatic N) is 3. The molecule has 0 radical (unpaired) electrons. The average Bonchev–Trinajstić information content (AvgIpc) is 2.93. The van der Waals surface area contributed by atoms with Crippen molar-refractivity contribution in [2.45, 2.75) is 19.9 Å². The minimum atomic E-state index is -0.110. The molecule has 1 aliphatic carbocycles. The number of nitrogens with two attached hydrogens (primary N) is 1. The summed E-state index contributed by atoms with van der Waals surface area (Å²) >= 11 is 0. The lowest BCUT2D eigenvalue weighted by atomic mass is 10.0. The van der Waals surface area contributed by atoms with E-state index in [1.165, 1.54) is 6.92 Å². The van der Waals surface area contributed by atoms with Gasteiger partial charge in [-0.3, -0.25) is 14.2 Å². The molecule has 1 saturated carbocycles. The van der Waals surface area contributed by atoms with Crippen LogP contribution in [0.5, 0.6) is 0 Å². The van der Waals surface area contributed by atoms with Crippen LogP contribution in [0.4, 0.5) is 5.95 Å². The molecule has 1 aromatic carbocycles. The van der Waals surface area contributed by atoms with Crippen LogP contribution in [0.3, 0.4) is 0 Å². The molecule has 0 amide bonds. The molecule has 2 aromatic rings. The zero-order valence-electron chi connectivity index (χ0n) is 13.5. The van der Waals surface area contributed by atoms with Crippen molar-refractivity contribution in [1.29, 1.82) is 0 Å². The van der Waals surface area contributed by atoms with Gasteiger partial charge in [-0.05, 0) is 43.4 Å². The first-order chi connectivity index (χ1) is 10.9. The van der Waals surface area contributed by atoms with Gasteiger partial charge in [0.2, 0.25) is 5.95 Å². The summed E-state index contributed by atoms with van der Waals surface area (Å²) in [6.45, 7) is 5.06. The minimum Gasteiger partial charge on any atom is -0.341 e. The highest BCUT2D eigenvalue weighted by Gasteiger charge is 2.54. The summed E-state index contributed by atoms with van der Waals surface area (Å²) < 4.78 is 1.59. The largest absolute Gasteiger partial charge is 0.341 e. The van der Waals surface area contributed by atoms with Gasteiger partial charge >= 0.3 is 0 Å². The van der Waals surface area contributed by atoms with Crippen LogP contribution in [0.1, 0.15) is 22.8 Å². The number of hydrogen-bond donors (Lipinski definition) is 1. The van der Waals surface area contributed by atoms with E-state index in [2.05, 4.69) is 9.88 Å². The summed E-state index contributed by atoms with van der Waals surface area (Å²) in [5, 5.41) is 0.502. The second-order valence-corrected chi connectivity index (χ2v) is 6.85. The van der Waals surface area contributed by atoms with Crippen molar-refractivity contribution in [2.24, 2.45) is 24.6 Å². The van der Waals surface area contributed by atoms with Gasteiger partial charge in [0.1, 0.15) is 0 Å². The predicted octanol–water partition coefficient (Wildman–Crippen LogP) is 0.838. The fraction of sp³-hybridized carbons (Fsp3) is 0.471. The maximum Gasteiger partial charge on any atom is 0.262 e. The van der Waals surface area contributed by atoms with Gasteiger partial charge in [0.25, 0.3) is 5.56 Å². The summed E-state index contributed by atoms with van der Waals surface area (Å²) in [5.41, 5.74) is 7.79. The third-order valence-corrected chi connectivity index (χ3v) is 5.22. The molecule has 1 saturated heterocycles. The first-order valence-electron chi connectivity index (χ1n) is 7.91. The average molecular weight is 312 g/mol. The SMILES string of the molecule is CC(=O)c1cc(C)cc2c(=O)n(C)c(N3CC4C(N)C4C3)nc12. The van der Waals surface area contributed by atoms with Crippen molar-refractivity contribution in [3.8, 4) is 0 Å². The number of anilines is 1. The number of aromatic nitrogens is 2. The molecule has 1 aliphatic heterocycles. The normalized spacial score (nSPS) is 25.7. The standard InChI is InChI=1S/C17H20N4O2/c1-8-4-10(9(2)22)15-11(5-8)16(23)20(3)17(19-15)21-6-12-13(7-21)14(12)18/h4-5,12-14H,6-7,18H2,1-3H3. The second-order valence-electron chi connectivity index (χ2n) is 6.85. The zero-order valence-corrected chi connectivity index (χ0v) is 13.5. The molecule has 2 aliphatic rings. The fourth-order valence-corrected chi connectivity index (χ4v) is 3.80. The van der Waals surface area contributed by atoms with E-state index in [0.717, 1.165) is 18.7 Å². The number of carbonyl (C=O) groups is 1. The highest BCUT2D eigenvalue weighted by atomic mass is 16.1. The second kappa shape index (κ2) is 4.64. The summed E-state index contributed by atoms with van der Waals surface area (Å²) in [6.07, 6.45) is 0. The number of aryl methyl sites for hydroxylation is 1. The first-order valence-corrected chi connectivity index (χ1v) is 7.91. The van der Waals surface area contributed by atoms with E-state index in [9.17, 15) is 9.59 Å². The number of ketones is 1. The van der Waals surface area contributed by atoms with Crippen LogP contribution in [0.2, 0.25) is 0 Å². The third kappa shape index (κ3) is 2.01. The minimum absolute atomic E-state index is 0.0725. The molecule has 6 nitrogen and oxygen atoms in total. The van der Waals surface area contributed by atoms with Crippen LogP contribution in [0, 0.1) is 18.8 Å². The van der Waals surface area contributed by atoms with E-state index in [-0.39, 0.29) is 11.3 Å². The van der Waals surface area contributed by atoms with Gasteiger partial charge in [0, 0.05) is 31.7 Å². The van der Waals surface area contributed by atoms with Gasteiger partial charge in [0.05, 0.1) is 10.9 Å². The Morgan fingerprint density at radius 1 is 1.30 bits per heavy atom. The number of fused-ring (bicyclic) bond motifs is 2. The van der Waals surface area contributed by atoms with E-state index in [1.807, 2.05) is 6.92 Å². The van der Waals surface area contributed by atoms with Gasteiger partial charge in [-0.15, -0.1) is 0 Å². The molecule has 2 heterocycles. The van der Waals surface area contributed by atoms with Gasteiger partial charge in [0.15, 0.2) is 5.78 Å². The van der Waals surface area contributed by atoms with Crippen molar-refractivity contribution < 1.29 is 4.79 Å². The number of hydrogen-bond acceptors (Lipinski definition) is 5. The molecule has 6 heteroatoms. The van der Waals surface area contributed by atoms with Crippen LogP contribution >= 0.6 is 0 Å². The molecular weight excluding hydrogens is 292 g/mol. The number of carbonyl (C=O) groups excluding carboxylic acids is 1. The molecule has 2 N–H and O–H groups in total. The van der Waals surface area contributed by atoms with Crippen molar-refractivity contribution in [3.63, 3.8) is 0 Å². The van der Waals surface area contributed by atoms with Gasteiger partial charge in [-0.25, -0.2) is 4.98 Å². The lowest BCUT2D eigenvalue weighted by Crippen LogP contribution is -2.34. The number of Topliss-reactive ketones (excluding diaryl/α,β-unsaturated/α-hetero) is 1. The van der Waals surface area contributed by atoms with E-state index in [4.69, 9.17) is 5.73 Å². The highest BCUT2D eigenvalue weighted by Crippen LogP contribution is 2.44. The molecule has 120 valence electrons. The van der Waals surface area contributed by atoms with E-state index in [0.29, 0.717) is 40.3 Å². The van der Waals surface area contributed by atoms with Crippen molar-refractivity contribution >= 4 is 22.6 Å². The zero-order chi connectivity index (χ0) is 16.5. The maximum atomic E-state index is 12.8. The van der Waals surface area contributed by atoms with E-state index >= 15 is 0 Å². The Bertz CT molecular complexity index is 890. The van der Waals surface area contributed by atoms with E-state index in [1.54, 1.807) is 23.7 Å². The van der Waals surface area contributed by atoms with Crippen LogP contribution in [-0.4, -0.2) is 34.5 Å². The molecular formula is C17H20N4O2. The molecule has 2 atom stereocenters. The number of rotatable bonds is 2. The lowest BCUT2D eigenvalue weighted by Gasteiger charge is -2.23. The van der Waals surface area contributed by atoms with Crippen molar-refractivity contribution in [2.75, 3.05) is 18.0 Å². The Labute approximate surface area is 133 Å². The van der Waals surface area contributed by atoms with Gasteiger partial charge in [-0.2, -0.15) is 0 Å². The topological polar surface area (TPSA) is 81.2 Å². The van der Waals surface area contributed by atoms with Crippen molar-refractivity contribution in [1.82, 2.24) is 9.55 Å². The summed E-state index contributed by atoms with van der Waals surface area (Å²) in [5.74, 6) is 1.57. The summed E-state index contributed by atoms with van der Waals surface area (Å²) in [4.78, 5) is 31.5. The van der Waals surface area contributed by atoms with Crippen LogP contribution < -0.4 is 16.2 Å². The first kappa shape index (κ1) is 14.4. The Kier molecular flexibility index (Phi) is 2.90. The third-order valence-electron chi connectivity index (χ3n) is 5.22. The quantitative estimate of drug-likeness (QED) is 0.831. The van der Waals surface area contributed by atoms with Gasteiger partial charge < -0.3 is 10.6 Å². The van der Waals surface area contributed by atoms with Crippen LogP contribution in [0.15, 0.2) is 16.9 Å². The van der Waals surface area contributed by atoms with Crippen LogP contribution in [0.25, 0.3) is 10.9 Å². The maximum absolute atomic E-state index is 12.8. The Hall–Kier alpha value is -2.21. The Balaban J connectivity index is 1.91. The molecule has 0 spiro atoms. The molecule has 4 rings (SSSR count). The van der Waals surface area contributed by atoms with Crippen LogP contribution in [-0.2, 0) is 7.05 Å². The molecule has 1 aromatic heterocycles. The number of piperidine rings is 1. The highest BCUT2D eigenvalue weighted by molar-refractivity contribution is 6.05. The lowest BCUT2D eigenvalue weighted by molar-refractivity contribution is 0.101. The summed E-state index contributed by atoms with van der Waals surface area (Å²) in [6, 6.07) is 3.90. The monoisotopic (exact) mass is 312 g/mol. The number of benzene rings is 1. The Morgan fingerprint density at radius 3 is 2.57 bits per heavy atom. The Morgan fingerprint density at radius 2 is 1.96 bits per heavy atom. The molecule has 0 bridgehead atoms. The van der Waals surface area contributed by atoms with Gasteiger partial charge in [-0.1, -0.05) is 0 Å². The van der Waals surface area contributed by atoms with Crippen molar-refractivity contribution in [3.05, 3.63) is 33.6 Å². The smallest absolute Gasteiger partial charge is 0.262 e. The van der Waals surface area contributed by atoms with E-state index < -0.39 is 0 Å².